The summed E-state index contributed by atoms with van der Waals surface area (Å²) in [5, 5.41) is 3.32. The Hall–Kier alpha value is -0.210. The van der Waals surface area contributed by atoms with Crippen molar-refractivity contribution in [3.05, 3.63) is 0 Å². The van der Waals surface area contributed by atoms with Gasteiger partial charge in [0.1, 0.15) is 0 Å². The Balaban J connectivity index is 2.53. The van der Waals surface area contributed by atoms with Crippen LogP contribution in [0.4, 0.5) is 0 Å². The molecule has 7 heteroatoms. The van der Waals surface area contributed by atoms with E-state index in [0.29, 0.717) is 32.2 Å². The van der Waals surface area contributed by atoms with Crippen molar-refractivity contribution in [2.75, 3.05) is 46.4 Å². The first-order valence-corrected chi connectivity index (χ1v) is 8.48. The maximum Gasteiger partial charge on any atom is 0.279 e. The van der Waals surface area contributed by atoms with Gasteiger partial charge in [0, 0.05) is 26.7 Å². The Labute approximate surface area is 117 Å². The maximum absolute atomic E-state index is 12.2. The van der Waals surface area contributed by atoms with Crippen LogP contribution >= 0.6 is 0 Å². The zero-order valence-corrected chi connectivity index (χ0v) is 12.8. The monoisotopic (exact) mass is 293 g/mol. The lowest BCUT2D eigenvalue weighted by molar-refractivity contribution is 0.203. The van der Waals surface area contributed by atoms with Crippen molar-refractivity contribution in [1.29, 1.82) is 0 Å². The minimum absolute atomic E-state index is 0.321. The lowest BCUT2D eigenvalue weighted by Gasteiger charge is -2.29. The van der Waals surface area contributed by atoms with Crippen LogP contribution in [0.25, 0.3) is 0 Å². The highest BCUT2D eigenvalue weighted by Crippen LogP contribution is 2.13. The van der Waals surface area contributed by atoms with Gasteiger partial charge in [-0.15, -0.1) is 0 Å². The van der Waals surface area contributed by atoms with E-state index in [1.54, 1.807) is 11.4 Å². The molecular formula is C12H27N3O3S. The van der Waals surface area contributed by atoms with Crippen molar-refractivity contribution in [2.24, 2.45) is 5.92 Å². The van der Waals surface area contributed by atoms with Crippen LogP contribution < -0.4 is 10.0 Å². The molecule has 0 amide bonds. The zero-order chi connectivity index (χ0) is 14.1. The third kappa shape index (κ3) is 6.18. The number of piperidine rings is 1. The molecule has 0 aromatic heterocycles. The number of hydrogen-bond acceptors (Lipinski definition) is 4. The molecule has 19 heavy (non-hydrogen) atoms. The summed E-state index contributed by atoms with van der Waals surface area (Å²) in [4.78, 5) is 0. The van der Waals surface area contributed by atoms with Crippen LogP contribution in [0.3, 0.4) is 0 Å². The number of ether oxygens (including phenoxy) is 1. The number of nitrogens with one attached hydrogen (secondary N) is 2. The van der Waals surface area contributed by atoms with Gasteiger partial charge < -0.3 is 10.1 Å². The van der Waals surface area contributed by atoms with E-state index in [-0.39, 0.29) is 0 Å². The van der Waals surface area contributed by atoms with Crippen molar-refractivity contribution in [3.63, 3.8) is 0 Å². The van der Waals surface area contributed by atoms with Crippen LogP contribution in [-0.2, 0) is 14.9 Å². The normalized spacial score (nSPS) is 20.9. The van der Waals surface area contributed by atoms with Crippen molar-refractivity contribution in [2.45, 2.75) is 26.2 Å². The van der Waals surface area contributed by atoms with Crippen LogP contribution in [0.15, 0.2) is 0 Å². The Bertz CT molecular complexity index is 329. The van der Waals surface area contributed by atoms with Gasteiger partial charge in [0.05, 0.1) is 6.61 Å². The van der Waals surface area contributed by atoms with Gasteiger partial charge in [0.15, 0.2) is 0 Å². The fourth-order valence-electron chi connectivity index (χ4n) is 2.29. The smallest absolute Gasteiger partial charge is 0.279 e. The molecule has 0 aliphatic carbocycles. The second-order valence-electron chi connectivity index (χ2n) is 4.96. The highest BCUT2D eigenvalue weighted by molar-refractivity contribution is 7.87. The van der Waals surface area contributed by atoms with Crippen LogP contribution in [0.5, 0.6) is 0 Å². The van der Waals surface area contributed by atoms with Crippen LogP contribution in [0.2, 0.25) is 0 Å². The summed E-state index contributed by atoms with van der Waals surface area (Å²) < 4.78 is 33.4. The van der Waals surface area contributed by atoms with Crippen molar-refractivity contribution in [3.8, 4) is 0 Å². The molecule has 1 fully saturated rings. The Kier molecular flexibility index (Phi) is 7.86. The largest absolute Gasteiger partial charge is 0.383 e. The molecule has 0 radical (unpaired) electrons. The first-order chi connectivity index (χ1) is 9.10. The van der Waals surface area contributed by atoms with Gasteiger partial charge in [-0.1, -0.05) is 6.92 Å². The third-order valence-corrected chi connectivity index (χ3v) is 4.84. The minimum atomic E-state index is -3.38. The predicted molar refractivity (Wildman–Crippen MR) is 76.3 cm³/mol. The summed E-state index contributed by atoms with van der Waals surface area (Å²) >= 11 is 0. The fraction of sp³-hybridized carbons (Fsp3) is 1.00. The van der Waals surface area contributed by atoms with Gasteiger partial charge in [0.25, 0.3) is 10.2 Å². The van der Waals surface area contributed by atoms with Crippen molar-refractivity contribution < 1.29 is 13.2 Å². The Morgan fingerprint density at radius 2 is 2.26 bits per heavy atom. The summed E-state index contributed by atoms with van der Waals surface area (Å²) in [7, 11) is -1.82. The van der Waals surface area contributed by atoms with E-state index in [0.717, 1.165) is 32.4 Å². The molecule has 114 valence electrons. The van der Waals surface area contributed by atoms with Crippen LogP contribution in [-0.4, -0.2) is 59.2 Å². The predicted octanol–water partition coefficient (Wildman–Crippen LogP) is 0.179. The van der Waals surface area contributed by atoms with Crippen molar-refractivity contribution in [1.82, 2.24) is 14.3 Å². The third-order valence-electron chi connectivity index (χ3n) is 3.26. The summed E-state index contributed by atoms with van der Waals surface area (Å²) in [6.45, 7) is 5.84. The number of methoxy groups -OCH3 is 1. The molecule has 1 atom stereocenters. The molecule has 0 aromatic rings. The summed E-state index contributed by atoms with van der Waals surface area (Å²) in [6, 6.07) is 0. The molecule has 1 rings (SSSR count). The Morgan fingerprint density at radius 1 is 1.47 bits per heavy atom. The average Bonchev–Trinajstić information content (AvgIpc) is 2.39. The summed E-state index contributed by atoms with van der Waals surface area (Å²) in [5.41, 5.74) is 0. The second kappa shape index (κ2) is 8.86. The summed E-state index contributed by atoms with van der Waals surface area (Å²) in [5.74, 6) is 0.416. The molecule has 1 aliphatic rings. The lowest BCUT2D eigenvalue weighted by Crippen LogP contribution is -2.46. The molecule has 0 saturated carbocycles. The highest BCUT2D eigenvalue weighted by Gasteiger charge is 2.25. The fourth-order valence-corrected chi connectivity index (χ4v) is 3.64. The first kappa shape index (κ1) is 16.8. The van der Waals surface area contributed by atoms with Gasteiger partial charge in [-0.3, -0.25) is 0 Å². The number of rotatable bonds is 9. The SMILES string of the molecule is CCCN(CC1CCCNC1)S(=O)(=O)NCCOC. The van der Waals surface area contributed by atoms with Gasteiger partial charge in [-0.05, 0) is 38.3 Å². The highest BCUT2D eigenvalue weighted by atomic mass is 32.2. The molecule has 2 N–H and O–H groups in total. The van der Waals surface area contributed by atoms with Gasteiger partial charge in [-0.25, -0.2) is 0 Å². The van der Waals surface area contributed by atoms with Crippen LogP contribution in [0, 0.1) is 5.92 Å². The molecule has 0 aromatic carbocycles. The average molecular weight is 293 g/mol. The van der Waals surface area contributed by atoms with E-state index >= 15 is 0 Å². The number of hydrogen-bond donors (Lipinski definition) is 2. The van der Waals surface area contributed by atoms with E-state index in [2.05, 4.69) is 10.0 Å². The standard InChI is InChI=1S/C12H27N3O3S/c1-3-8-15(11-12-5-4-6-13-10-12)19(16,17)14-7-9-18-2/h12-14H,3-11H2,1-2H3. The molecule has 0 spiro atoms. The van der Waals surface area contributed by atoms with E-state index in [4.69, 9.17) is 4.74 Å². The Morgan fingerprint density at radius 3 is 2.84 bits per heavy atom. The number of nitrogens with zero attached hydrogens (tertiary/aromatic N) is 1. The van der Waals surface area contributed by atoms with E-state index in [1.165, 1.54) is 0 Å². The lowest BCUT2D eigenvalue weighted by atomic mass is 10.00. The molecule has 1 unspecified atom stereocenters. The molecule has 6 nitrogen and oxygen atoms in total. The van der Waals surface area contributed by atoms with Gasteiger partial charge in [0.2, 0.25) is 0 Å². The maximum atomic E-state index is 12.2. The molecule has 0 bridgehead atoms. The van der Waals surface area contributed by atoms with Crippen molar-refractivity contribution >= 4 is 10.2 Å². The molecular weight excluding hydrogens is 266 g/mol. The van der Waals surface area contributed by atoms with Crippen LogP contribution in [0.1, 0.15) is 26.2 Å². The van der Waals surface area contributed by atoms with Gasteiger partial charge >= 0.3 is 0 Å². The molecule has 1 heterocycles. The summed E-state index contributed by atoms with van der Waals surface area (Å²) in [6.07, 6.45) is 3.05. The topological polar surface area (TPSA) is 70.7 Å². The van der Waals surface area contributed by atoms with E-state index < -0.39 is 10.2 Å². The zero-order valence-electron chi connectivity index (χ0n) is 12.0. The first-order valence-electron chi connectivity index (χ1n) is 7.04. The van der Waals surface area contributed by atoms with E-state index in [9.17, 15) is 8.42 Å². The van der Waals surface area contributed by atoms with Gasteiger partial charge in [-0.2, -0.15) is 17.4 Å². The quantitative estimate of drug-likeness (QED) is 0.595. The molecule has 1 aliphatic heterocycles. The van der Waals surface area contributed by atoms with E-state index in [1.807, 2.05) is 6.92 Å². The molecule has 1 saturated heterocycles. The second-order valence-corrected chi connectivity index (χ2v) is 6.72. The minimum Gasteiger partial charge on any atom is -0.383 e.